The molecule has 1 aliphatic heterocycles. The summed E-state index contributed by atoms with van der Waals surface area (Å²) >= 11 is 0. The van der Waals surface area contributed by atoms with E-state index in [-0.39, 0.29) is 17.4 Å². The number of hydrogen-bond acceptors (Lipinski definition) is 4. The van der Waals surface area contributed by atoms with Crippen molar-refractivity contribution in [2.24, 2.45) is 0 Å². The predicted octanol–water partition coefficient (Wildman–Crippen LogP) is 1.62. The number of anilines is 1. The quantitative estimate of drug-likeness (QED) is 0.920. The number of rotatable bonds is 3. The highest BCUT2D eigenvalue weighted by Gasteiger charge is 2.29. The fraction of sp³-hybridized carbons (Fsp3) is 0.357. The lowest BCUT2D eigenvalue weighted by Gasteiger charge is -2.22. The number of halogens is 1. The number of aryl methyl sites for hydroxylation is 1. The van der Waals surface area contributed by atoms with E-state index in [9.17, 15) is 8.42 Å². The molecule has 0 unspecified atom stereocenters. The lowest BCUT2D eigenvalue weighted by Crippen LogP contribution is -2.35. The van der Waals surface area contributed by atoms with Crippen molar-refractivity contribution in [2.75, 3.05) is 17.4 Å². The molecule has 3 rings (SSSR count). The van der Waals surface area contributed by atoms with E-state index in [0.717, 1.165) is 11.3 Å². The van der Waals surface area contributed by atoms with Crippen molar-refractivity contribution in [1.82, 2.24) is 14.9 Å². The van der Waals surface area contributed by atoms with E-state index in [2.05, 4.69) is 10.3 Å². The average molecular weight is 343 g/mol. The summed E-state index contributed by atoms with van der Waals surface area (Å²) in [6.07, 6.45) is 3.13. The molecule has 0 aliphatic carbocycles. The van der Waals surface area contributed by atoms with Gasteiger partial charge >= 0.3 is 0 Å². The molecule has 22 heavy (non-hydrogen) atoms. The fourth-order valence-electron chi connectivity index (χ4n) is 2.44. The zero-order valence-corrected chi connectivity index (χ0v) is 13.9. The van der Waals surface area contributed by atoms with Crippen molar-refractivity contribution in [2.45, 2.75) is 25.0 Å². The summed E-state index contributed by atoms with van der Waals surface area (Å²) in [5.74, 6) is 0. The smallest absolute Gasteiger partial charge is 0.283 e. The Morgan fingerprint density at radius 2 is 2.09 bits per heavy atom. The number of imidazole rings is 1. The summed E-state index contributed by atoms with van der Waals surface area (Å²) < 4.78 is 28.9. The van der Waals surface area contributed by atoms with Gasteiger partial charge in [-0.2, -0.15) is 8.42 Å². The maximum absolute atomic E-state index is 12.9. The third-order valence-electron chi connectivity index (χ3n) is 3.60. The number of fused-ring (bicyclic) bond motifs is 1. The van der Waals surface area contributed by atoms with E-state index in [1.807, 2.05) is 31.2 Å². The van der Waals surface area contributed by atoms with Gasteiger partial charge in [-0.15, -0.1) is 12.4 Å². The normalized spacial score (nSPS) is 14.9. The van der Waals surface area contributed by atoms with Gasteiger partial charge in [0.15, 0.2) is 5.03 Å². The number of nitrogens with one attached hydrogen (secondary N) is 1. The molecule has 0 fully saturated rings. The molecular weight excluding hydrogens is 324 g/mol. The van der Waals surface area contributed by atoms with Crippen LogP contribution < -0.4 is 9.62 Å². The summed E-state index contributed by atoms with van der Waals surface area (Å²) in [5.41, 5.74) is 1.71. The minimum atomic E-state index is -3.63. The van der Waals surface area contributed by atoms with Crippen molar-refractivity contribution in [1.29, 1.82) is 0 Å². The highest BCUT2D eigenvalue weighted by Crippen LogP contribution is 2.27. The lowest BCUT2D eigenvalue weighted by molar-refractivity contribution is 0.586. The third kappa shape index (κ3) is 2.97. The monoisotopic (exact) mass is 342 g/mol. The zero-order valence-electron chi connectivity index (χ0n) is 12.3. The number of nitrogens with zero attached hydrogens (tertiary/aromatic N) is 3. The van der Waals surface area contributed by atoms with Crippen LogP contribution in [-0.2, 0) is 23.1 Å². The van der Waals surface area contributed by atoms with Crippen LogP contribution in [0.4, 0.5) is 5.69 Å². The van der Waals surface area contributed by atoms with Crippen LogP contribution in [0.15, 0.2) is 41.8 Å². The van der Waals surface area contributed by atoms with Gasteiger partial charge in [0.05, 0.1) is 12.0 Å². The van der Waals surface area contributed by atoms with E-state index in [1.165, 1.54) is 4.31 Å². The Bertz CT molecular complexity index is 745. The molecule has 1 aliphatic rings. The number of para-hydroxylation sites is 1. The van der Waals surface area contributed by atoms with Crippen molar-refractivity contribution in [3.63, 3.8) is 0 Å². The number of hydrogen-bond donors (Lipinski definition) is 1. The third-order valence-corrected chi connectivity index (χ3v) is 5.30. The van der Waals surface area contributed by atoms with Crippen molar-refractivity contribution in [3.05, 3.63) is 42.4 Å². The first kappa shape index (κ1) is 16.8. The minimum absolute atomic E-state index is 0. The molecule has 0 spiro atoms. The maximum atomic E-state index is 12.9. The molecular formula is C14H19ClN4O2S. The van der Waals surface area contributed by atoms with Gasteiger partial charge in [-0.1, -0.05) is 18.2 Å². The Morgan fingerprint density at radius 3 is 2.82 bits per heavy atom. The summed E-state index contributed by atoms with van der Waals surface area (Å²) in [7, 11) is -3.63. The molecule has 0 amide bonds. The van der Waals surface area contributed by atoms with Gasteiger partial charge in [-0.25, -0.2) is 4.98 Å². The van der Waals surface area contributed by atoms with Gasteiger partial charge in [0, 0.05) is 32.4 Å². The van der Waals surface area contributed by atoms with E-state index >= 15 is 0 Å². The molecule has 0 atom stereocenters. The zero-order chi connectivity index (χ0) is 14.9. The van der Waals surface area contributed by atoms with E-state index < -0.39 is 10.0 Å². The largest absolute Gasteiger partial charge is 0.336 e. The fourth-order valence-corrected chi connectivity index (χ4v) is 3.88. The first-order chi connectivity index (χ1) is 10.1. The second-order valence-corrected chi connectivity index (χ2v) is 6.73. The SMILES string of the molecule is CCn1cnc(S(=O)(=O)N2CCNCc3ccccc32)c1.Cl. The van der Waals surface area contributed by atoms with Crippen LogP contribution >= 0.6 is 12.4 Å². The molecule has 1 N–H and O–H groups in total. The van der Waals surface area contributed by atoms with E-state index in [4.69, 9.17) is 0 Å². The van der Waals surface area contributed by atoms with Gasteiger partial charge in [0.1, 0.15) is 0 Å². The summed E-state index contributed by atoms with van der Waals surface area (Å²) in [4.78, 5) is 4.05. The molecule has 2 heterocycles. The van der Waals surface area contributed by atoms with Crippen molar-refractivity contribution in [3.8, 4) is 0 Å². The number of benzene rings is 1. The van der Waals surface area contributed by atoms with Crippen LogP contribution in [0.25, 0.3) is 0 Å². The second-order valence-electron chi connectivity index (χ2n) is 4.93. The molecule has 1 aromatic carbocycles. The molecule has 0 radical (unpaired) electrons. The Labute approximate surface area is 136 Å². The lowest BCUT2D eigenvalue weighted by atomic mass is 10.2. The van der Waals surface area contributed by atoms with Gasteiger partial charge < -0.3 is 9.88 Å². The van der Waals surface area contributed by atoms with Gasteiger partial charge in [-0.3, -0.25) is 4.31 Å². The van der Waals surface area contributed by atoms with E-state index in [1.54, 1.807) is 17.1 Å². The first-order valence-electron chi connectivity index (χ1n) is 6.96. The summed E-state index contributed by atoms with van der Waals surface area (Å²) in [6, 6.07) is 7.57. The first-order valence-corrected chi connectivity index (χ1v) is 8.40. The minimum Gasteiger partial charge on any atom is -0.336 e. The standard InChI is InChI=1S/C14H18N4O2S.ClH/c1-2-17-10-14(16-11-17)21(19,20)18-8-7-15-9-12-5-3-4-6-13(12)18;/h3-6,10-11,15H,2,7-9H2,1H3;1H. The molecule has 2 aromatic rings. The number of sulfonamides is 1. The van der Waals surface area contributed by atoms with Crippen LogP contribution in [0.3, 0.4) is 0 Å². The van der Waals surface area contributed by atoms with E-state index in [0.29, 0.717) is 26.2 Å². The highest BCUT2D eigenvalue weighted by atomic mass is 35.5. The average Bonchev–Trinajstić information content (AvgIpc) is 2.87. The molecule has 0 saturated heterocycles. The van der Waals surface area contributed by atoms with Crippen LogP contribution in [-0.4, -0.2) is 31.1 Å². The summed E-state index contributed by atoms with van der Waals surface area (Å²) in [5, 5.41) is 3.34. The van der Waals surface area contributed by atoms with Crippen molar-refractivity contribution < 1.29 is 8.42 Å². The molecule has 0 saturated carbocycles. The van der Waals surface area contributed by atoms with Crippen LogP contribution in [0, 0.1) is 0 Å². The Morgan fingerprint density at radius 1 is 1.32 bits per heavy atom. The Hall–Kier alpha value is -1.57. The highest BCUT2D eigenvalue weighted by molar-refractivity contribution is 7.92. The molecule has 8 heteroatoms. The molecule has 6 nitrogen and oxygen atoms in total. The predicted molar refractivity (Wildman–Crippen MR) is 87.8 cm³/mol. The Kier molecular flexibility index (Phi) is 5.10. The Balaban J connectivity index is 0.00000176. The van der Waals surface area contributed by atoms with Gasteiger partial charge in [0.25, 0.3) is 10.0 Å². The maximum Gasteiger partial charge on any atom is 0.283 e. The van der Waals surface area contributed by atoms with Crippen LogP contribution in [0.5, 0.6) is 0 Å². The van der Waals surface area contributed by atoms with Crippen LogP contribution in [0.2, 0.25) is 0 Å². The van der Waals surface area contributed by atoms with Gasteiger partial charge in [0.2, 0.25) is 0 Å². The molecule has 0 bridgehead atoms. The van der Waals surface area contributed by atoms with Crippen molar-refractivity contribution >= 4 is 28.1 Å². The topological polar surface area (TPSA) is 67.2 Å². The second kappa shape index (κ2) is 6.68. The molecule has 120 valence electrons. The van der Waals surface area contributed by atoms with Crippen LogP contribution in [0.1, 0.15) is 12.5 Å². The number of aromatic nitrogens is 2. The van der Waals surface area contributed by atoms with Gasteiger partial charge in [-0.05, 0) is 18.6 Å². The summed E-state index contributed by atoms with van der Waals surface area (Å²) in [6.45, 7) is 4.33. The molecule has 1 aromatic heterocycles.